The quantitative estimate of drug-likeness (QED) is 0.627. The van der Waals surface area contributed by atoms with Crippen molar-refractivity contribution in [2.75, 3.05) is 25.0 Å². The molecule has 194 valence electrons. The lowest BCUT2D eigenvalue weighted by molar-refractivity contribution is -0.134. The normalized spacial score (nSPS) is 22.5. The highest BCUT2D eigenvalue weighted by molar-refractivity contribution is 6.61. The van der Waals surface area contributed by atoms with E-state index in [9.17, 15) is 9.59 Å². The van der Waals surface area contributed by atoms with Gasteiger partial charge in [0.15, 0.2) is 0 Å². The Morgan fingerprint density at radius 2 is 1.77 bits per heavy atom. The van der Waals surface area contributed by atoms with Gasteiger partial charge in [-0.25, -0.2) is 14.8 Å². The van der Waals surface area contributed by atoms with E-state index in [0.717, 1.165) is 18.3 Å². The lowest BCUT2D eigenvalue weighted by Crippen LogP contribution is -2.54. The van der Waals surface area contributed by atoms with Crippen LogP contribution in [-0.4, -0.2) is 83.0 Å². The SMILES string of the molecule is C[C@H](NC(=O)OC(C)(C)C)C(=O)N1CCC[C@H](N(C)c2ncc(B3OC(C)(C)C(C)(C)O3)cn2)C1. The molecular weight excluding hydrogens is 449 g/mol. The fraction of sp³-hybridized carbons (Fsp3) is 0.750. The second-order valence-electron chi connectivity index (χ2n) is 11.5. The van der Waals surface area contributed by atoms with Crippen molar-refractivity contribution >= 4 is 30.5 Å². The highest BCUT2D eigenvalue weighted by atomic mass is 16.7. The molecular formula is C24H40BN5O5. The predicted molar refractivity (Wildman–Crippen MR) is 135 cm³/mol. The smallest absolute Gasteiger partial charge is 0.444 e. The maximum Gasteiger partial charge on any atom is 0.498 e. The average molecular weight is 489 g/mol. The summed E-state index contributed by atoms with van der Waals surface area (Å²) in [5.41, 5.74) is -0.714. The minimum atomic E-state index is -0.677. The summed E-state index contributed by atoms with van der Waals surface area (Å²) in [4.78, 5) is 37.9. The molecule has 1 aromatic rings. The van der Waals surface area contributed by atoms with E-state index in [-0.39, 0.29) is 11.9 Å². The van der Waals surface area contributed by atoms with Crippen LogP contribution in [0, 0.1) is 0 Å². The molecule has 0 spiro atoms. The fourth-order valence-electron chi connectivity index (χ4n) is 4.07. The summed E-state index contributed by atoms with van der Waals surface area (Å²) in [7, 11) is 1.42. The van der Waals surface area contributed by atoms with Crippen LogP contribution in [0.15, 0.2) is 12.4 Å². The Morgan fingerprint density at radius 1 is 1.20 bits per heavy atom. The van der Waals surface area contributed by atoms with Gasteiger partial charge in [0.25, 0.3) is 0 Å². The lowest BCUT2D eigenvalue weighted by Gasteiger charge is -2.38. The van der Waals surface area contributed by atoms with Crippen LogP contribution in [-0.2, 0) is 18.8 Å². The van der Waals surface area contributed by atoms with Gasteiger partial charge in [0.2, 0.25) is 11.9 Å². The van der Waals surface area contributed by atoms with Crippen molar-refractivity contribution in [2.45, 2.75) is 97.1 Å². The minimum absolute atomic E-state index is 0.0594. The first kappa shape index (κ1) is 27.2. The first-order valence-electron chi connectivity index (χ1n) is 12.3. The number of carbonyl (C=O) groups excluding carboxylic acids is 2. The van der Waals surface area contributed by atoms with Gasteiger partial charge < -0.3 is 29.2 Å². The molecule has 35 heavy (non-hydrogen) atoms. The molecule has 3 heterocycles. The number of amides is 2. The highest BCUT2D eigenvalue weighted by Crippen LogP contribution is 2.36. The van der Waals surface area contributed by atoms with Gasteiger partial charge in [-0.1, -0.05) is 0 Å². The molecule has 11 heteroatoms. The number of likely N-dealkylation sites (N-methyl/N-ethyl adjacent to an activating group) is 1. The molecule has 2 aliphatic rings. The van der Waals surface area contributed by atoms with Gasteiger partial charge in [0.1, 0.15) is 11.6 Å². The second kappa shape index (κ2) is 9.93. The van der Waals surface area contributed by atoms with E-state index >= 15 is 0 Å². The number of alkyl carbamates (subject to hydrolysis) is 1. The molecule has 0 aromatic carbocycles. The second-order valence-corrected chi connectivity index (χ2v) is 11.5. The summed E-state index contributed by atoms with van der Waals surface area (Å²) in [6.07, 6.45) is 4.64. The van der Waals surface area contributed by atoms with Gasteiger partial charge in [-0.15, -0.1) is 0 Å². The number of hydrogen-bond acceptors (Lipinski definition) is 8. The van der Waals surface area contributed by atoms with Gasteiger partial charge >= 0.3 is 13.2 Å². The van der Waals surface area contributed by atoms with Crippen LogP contribution in [0.5, 0.6) is 0 Å². The summed E-state index contributed by atoms with van der Waals surface area (Å²) in [6, 6.07) is -0.617. The highest BCUT2D eigenvalue weighted by Gasteiger charge is 2.52. The summed E-state index contributed by atoms with van der Waals surface area (Å²) < 4.78 is 17.4. The average Bonchev–Trinajstić information content (AvgIpc) is 2.98. The molecule has 2 amide bonds. The third-order valence-corrected chi connectivity index (χ3v) is 6.86. The fourth-order valence-corrected chi connectivity index (χ4v) is 4.07. The number of aromatic nitrogens is 2. The number of hydrogen-bond donors (Lipinski definition) is 1. The number of rotatable bonds is 5. The van der Waals surface area contributed by atoms with E-state index in [4.69, 9.17) is 14.0 Å². The Labute approximate surface area is 209 Å². The van der Waals surface area contributed by atoms with Crippen molar-refractivity contribution in [3.63, 3.8) is 0 Å². The molecule has 2 fully saturated rings. The standard InChI is InChI=1S/C24H40BN5O5/c1-16(28-21(32)33-22(2,3)4)19(31)30-12-10-11-18(15-30)29(9)20-26-13-17(14-27-20)25-34-23(5,6)24(7,8)35-25/h13-14,16,18H,10-12,15H2,1-9H3,(H,28,32)/t16-,18-/m0/s1. The number of carbonyl (C=O) groups is 2. The third kappa shape index (κ3) is 6.44. The van der Waals surface area contributed by atoms with E-state index in [1.807, 2.05) is 39.6 Å². The Balaban J connectivity index is 1.59. The number of piperidine rings is 1. The van der Waals surface area contributed by atoms with Gasteiger partial charge in [-0.3, -0.25) is 4.79 Å². The number of likely N-dealkylation sites (tertiary alicyclic amines) is 1. The van der Waals surface area contributed by atoms with Crippen LogP contribution in [0.3, 0.4) is 0 Å². The van der Waals surface area contributed by atoms with Crippen molar-refractivity contribution in [3.8, 4) is 0 Å². The molecule has 0 saturated carbocycles. The van der Waals surface area contributed by atoms with Gasteiger partial charge in [-0.2, -0.15) is 0 Å². The largest absolute Gasteiger partial charge is 0.498 e. The van der Waals surface area contributed by atoms with Crippen LogP contribution in [0.4, 0.5) is 10.7 Å². The topological polar surface area (TPSA) is 106 Å². The molecule has 2 aliphatic heterocycles. The minimum Gasteiger partial charge on any atom is -0.444 e. The zero-order chi connectivity index (χ0) is 26.2. The van der Waals surface area contributed by atoms with Crippen LogP contribution in [0.1, 0.15) is 68.2 Å². The number of nitrogens with one attached hydrogen (secondary N) is 1. The predicted octanol–water partition coefficient (Wildman–Crippen LogP) is 2.12. The molecule has 0 unspecified atom stereocenters. The Kier molecular flexibility index (Phi) is 7.71. The maximum absolute atomic E-state index is 13.0. The van der Waals surface area contributed by atoms with Gasteiger partial charge in [-0.05, 0) is 68.2 Å². The van der Waals surface area contributed by atoms with Crippen LogP contribution in [0.2, 0.25) is 0 Å². The van der Waals surface area contributed by atoms with Gasteiger partial charge in [0.05, 0.1) is 11.2 Å². The van der Waals surface area contributed by atoms with Gasteiger partial charge in [0, 0.05) is 44.0 Å². The molecule has 10 nitrogen and oxygen atoms in total. The molecule has 0 aliphatic carbocycles. The Morgan fingerprint density at radius 3 is 2.31 bits per heavy atom. The first-order chi connectivity index (χ1) is 16.1. The molecule has 2 atom stereocenters. The molecule has 2 saturated heterocycles. The monoisotopic (exact) mass is 489 g/mol. The summed E-state index contributed by atoms with van der Waals surface area (Å²) in [5, 5.41) is 2.64. The molecule has 0 radical (unpaired) electrons. The van der Waals surface area contributed by atoms with Crippen molar-refractivity contribution in [1.29, 1.82) is 0 Å². The van der Waals surface area contributed by atoms with E-state index < -0.39 is 36.1 Å². The number of nitrogens with zero attached hydrogens (tertiary/aromatic N) is 4. The van der Waals surface area contributed by atoms with Crippen molar-refractivity contribution < 1.29 is 23.6 Å². The van der Waals surface area contributed by atoms with E-state index in [1.54, 1.807) is 45.0 Å². The van der Waals surface area contributed by atoms with Crippen molar-refractivity contribution in [3.05, 3.63) is 12.4 Å². The number of anilines is 1. The lowest BCUT2D eigenvalue weighted by atomic mass is 9.81. The summed E-state index contributed by atoms with van der Waals surface area (Å²) >= 11 is 0. The summed E-state index contributed by atoms with van der Waals surface area (Å²) in [5.74, 6) is 0.440. The summed E-state index contributed by atoms with van der Waals surface area (Å²) in [6.45, 7) is 16.2. The van der Waals surface area contributed by atoms with Crippen LogP contribution in [0.25, 0.3) is 0 Å². The van der Waals surface area contributed by atoms with Crippen LogP contribution < -0.4 is 15.7 Å². The molecule has 1 N–H and O–H groups in total. The molecule has 3 rings (SSSR count). The van der Waals surface area contributed by atoms with Crippen LogP contribution >= 0.6 is 0 Å². The van der Waals surface area contributed by atoms with E-state index in [2.05, 4.69) is 15.3 Å². The van der Waals surface area contributed by atoms with Crippen molar-refractivity contribution in [2.24, 2.45) is 0 Å². The van der Waals surface area contributed by atoms with E-state index in [0.29, 0.717) is 19.0 Å². The third-order valence-electron chi connectivity index (χ3n) is 6.86. The molecule has 1 aromatic heterocycles. The molecule has 0 bridgehead atoms. The first-order valence-corrected chi connectivity index (χ1v) is 12.3. The Hall–Kier alpha value is -2.40. The maximum atomic E-state index is 13.0. The van der Waals surface area contributed by atoms with Crippen molar-refractivity contribution in [1.82, 2.24) is 20.2 Å². The number of ether oxygens (including phenoxy) is 1. The Bertz CT molecular complexity index is 902. The zero-order valence-electron chi connectivity index (χ0n) is 22.5. The zero-order valence-corrected chi connectivity index (χ0v) is 22.5. The van der Waals surface area contributed by atoms with E-state index in [1.165, 1.54) is 0 Å².